The zero-order chi connectivity index (χ0) is 6.74. The lowest BCUT2D eigenvalue weighted by molar-refractivity contribution is 0.358. The quantitative estimate of drug-likeness (QED) is 0.520. The maximum absolute atomic E-state index is 4.15. The first-order valence-corrected chi connectivity index (χ1v) is 2.94. The largest absolute Gasteiger partial charge is 0.355 e. The summed E-state index contributed by atoms with van der Waals surface area (Å²) in [5.74, 6) is -0.297. The van der Waals surface area contributed by atoms with Crippen LogP contribution in [0.3, 0.4) is 0 Å². The van der Waals surface area contributed by atoms with E-state index in [1.807, 2.05) is 26.2 Å². The third kappa shape index (κ3) is 1.29. The molecule has 0 bridgehead atoms. The van der Waals surface area contributed by atoms with Gasteiger partial charge in [0.2, 0.25) is 0 Å². The average molecular weight is 125 g/mol. The Morgan fingerprint density at radius 2 is 2.44 bits per heavy atom. The summed E-state index contributed by atoms with van der Waals surface area (Å²) in [5, 5.41) is 6.08. The van der Waals surface area contributed by atoms with E-state index in [0.717, 1.165) is 0 Å². The van der Waals surface area contributed by atoms with Gasteiger partial charge in [0.05, 0.1) is 0 Å². The van der Waals surface area contributed by atoms with Gasteiger partial charge in [-0.2, -0.15) is 0 Å². The van der Waals surface area contributed by atoms with Crippen LogP contribution >= 0.6 is 0 Å². The molecule has 2 N–H and O–H groups in total. The van der Waals surface area contributed by atoms with Crippen LogP contribution < -0.4 is 10.6 Å². The third-order valence-corrected chi connectivity index (χ3v) is 1.37. The summed E-state index contributed by atoms with van der Waals surface area (Å²) >= 11 is 0. The molecule has 1 unspecified atom stereocenters. The number of aliphatic imine (C=N–C) groups is 1. The van der Waals surface area contributed by atoms with Crippen molar-refractivity contribution in [2.24, 2.45) is 4.99 Å². The molecule has 1 atom stereocenters. The Bertz CT molecular complexity index is 150. The van der Waals surface area contributed by atoms with Crippen LogP contribution in [0.15, 0.2) is 17.3 Å². The molecule has 0 aromatic carbocycles. The molecule has 0 aliphatic carbocycles. The highest BCUT2D eigenvalue weighted by Gasteiger charge is 2.17. The zero-order valence-electron chi connectivity index (χ0n) is 5.68. The van der Waals surface area contributed by atoms with E-state index in [1.54, 1.807) is 6.21 Å². The molecule has 0 amide bonds. The molecule has 0 fully saturated rings. The number of allylic oxidation sites excluding steroid dienone is 1. The number of rotatable bonds is 1. The van der Waals surface area contributed by atoms with E-state index in [9.17, 15) is 0 Å². The predicted octanol–water partition coefficient (Wildman–Crippen LogP) is 0.0672. The zero-order valence-corrected chi connectivity index (χ0v) is 5.68. The second-order valence-corrected chi connectivity index (χ2v) is 2.10. The predicted molar refractivity (Wildman–Crippen MR) is 38.2 cm³/mol. The highest BCUT2D eigenvalue weighted by Crippen LogP contribution is 2.00. The normalized spacial score (nSPS) is 32.2. The van der Waals surface area contributed by atoms with Gasteiger partial charge in [-0.15, -0.1) is 0 Å². The lowest BCUT2D eigenvalue weighted by Gasteiger charge is -2.26. The maximum atomic E-state index is 4.15. The van der Waals surface area contributed by atoms with Crippen molar-refractivity contribution in [2.75, 3.05) is 7.05 Å². The van der Waals surface area contributed by atoms with Crippen molar-refractivity contribution in [3.8, 4) is 0 Å². The third-order valence-electron chi connectivity index (χ3n) is 1.37. The number of hydrogen-bond acceptors (Lipinski definition) is 3. The summed E-state index contributed by atoms with van der Waals surface area (Å²) in [6.45, 7) is 1.97. The molecular formula is C6H11N3. The van der Waals surface area contributed by atoms with Gasteiger partial charge >= 0.3 is 0 Å². The minimum absolute atomic E-state index is 0.297. The Morgan fingerprint density at radius 3 is 2.78 bits per heavy atom. The van der Waals surface area contributed by atoms with Crippen molar-refractivity contribution >= 4 is 6.21 Å². The van der Waals surface area contributed by atoms with Gasteiger partial charge in [0.15, 0.2) is 5.79 Å². The fraction of sp³-hybridized carbons (Fsp3) is 0.500. The van der Waals surface area contributed by atoms with E-state index in [0.29, 0.717) is 0 Å². The van der Waals surface area contributed by atoms with Crippen LogP contribution in [0, 0.1) is 0 Å². The van der Waals surface area contributed by atoms with Crippen molar-refractivity contribution in [2.45, 2.75) is 12.7 Å². The summed E-state index contributed by atoms with van der Waals surface area (Å²) in [4.78, 5) is 4.15. The van der Waals surface area contributed by atoms with Crippen molar-refractivity contribution in [3.63, 3.8) is 0 Å². The molecular weight excluding hydrogens is 114 g/mol. The number of nitrogens with one attached hydrogen (secondary N) is 2. The highest BCUT2D eigenvalue weighted by atomic mass is 15.3. The highest BCUT2D eigenvalue weighted by molar-refractivity contribution is 5.72. The number of nitrogens with zero attached hydrogens (tertiary/aromatic N) is 1. The number of hydrogen-bond donors (Lipinski definition) is 2. The van der Waals surface area contributed by atoms with E-state index >= 15 is 0 Å². The summed E-state index contributed by atoms with van der Waals surface area (Å²) in [5.41, 5.74) is 0. The molecule has 1 heterocycles. The first-order chi connectivity index (χ1) is 4.27. The molecule has 1 aliphatic rings. The molecule has 50 valence electrons. The van der Waals surface area contributed by atoms with Crippen LogP contribution in [0.4, 0.5) is 0 Å². The van der Waals surface area contributed by atoms with E-state index in [-0.39, 0.29) is 5.79 Å². The Hall–Kier alpha value is -0.830. The molecule has 9 heavy (non-hydrogen) atoms. The minimum Gasteiger partial charge on any atom is -0.355 e. The Balaban J connectivity index is 2.63. The molecule has 0 saturated heterocycles. The topological polar surface area (TPSA) is 36.4 Å². The Labute approximate surface area is 54.9 Å². The minimum atomic E-state index is -0.297. The van der Waals surface area contributed by atoms with Crippen molar-refractivity contribution < 1.29 is 0 Å². The van der Waals surface area contributed by atoms with E-state index in [1.165, 1.54) is 0 Å². The van der Waals surface area contributed by atoms with Crippen LogP contribution in [0.2, 0.25) is 0 Å². The lowest BCUT2D eigenvalue weighted by atomic mass is 10.3. The SMILES string of the molecule is CNC1(C)N=CC=CN1. The Morgan fingerprint density at radius 1 is 1.67 bits per heavy atom. The second-order valence-electron chi connectivity index (χ2n) is 2.10. The summed E-state index contributed by atoms with van der Waals surface area (Å²) in [6, 6.07) is 0. The molecule has 0 spiro atoms. The van der Waals surface area contributed by atoms with Crippen LogP contribution in [-0.4, -0.2) is 19.0 Å². The second kappa shape index (κ2) is 2.19. The van der Waals surface area contributed by atoms with Crippen LogP contribution in [0.1, 0.15) is 6.92 Å². The fourth-order valence-corrected chi connectivity index (χ4v) is 0.620. The van der Waals surface area contributed by atoms with Gasteiger partial charge in [-0.25, -0.2) is 0 Å². The summed E-state index contributed by atoms with van der Waals surface area (Å²) in [6.07, 6.45) is 5.50. The monoisotopic (exact) mass is 125 g/mol. The van der Waals surface area contributed by atoms with Gasteiger partial charge in [0.1, 0.15) is 0 Å². The molecule has 1 aliphatic heterocycles. The smallest absolute Gasteiger partial charge is 0.181 e. The van der Waals surface area contributed by atoms with Gasteiger partial charge in [0, 0.05) is 12.4 Å². The fourth-order valence-electron chi connectivity index (χ4n) is 0.620. The van der Waals surface area contributed by atoms with Crippen molar-refractivity contribution in [1.29, 1.82) is 0 Å². The molecule has 0 radical (unpaired) electrons. The van der Waals surface area contributed by atoms with E-state index < -0.39 is 0 Å². The summed E-state index contributed by atoms with van der Waals surface area (Å²) in [7, 11) is 1.86. The lowest BCUT2D eigenvalue weighted by Crippen LogP contribution is -2.49. The molecule has 0 aromatic heterocycles. The average Bonchev–Trinajstić information content (AvgIpc) is 1.90. The molecule has 3 nitrogen and oxygen atoms in total. The van der Waals surface area contributed by atoms with Gasteiger partial charge in [-0.05, 0) is 20.0 Å². The first-order valence-electron chi connectivity index (χ1n) is 2.94. The van der Waals surface area contributed by atoms with Crippen LogP contribution in [-0.2, 0) is 0 Å². The van der Waals surface area contributed by atoms with Crippen LogP contribution in [0.25, 0.3) is 0 Å². The maximum Gasteiger partial charge on any atom is 0.181 e. The summed E-state index contributed by atoms with van der Waals surface area (Å²) < 4.78 is 0. The van der Waals surface area contributed by atoms with Gasteiger partial charge in [0.25, 0.3) is 0 Å². The Kier molecular flexibility index (Phi) is 1.53. The van der Waals surface area contributed by atoms with E-state index in [4.69, 9.17) is 0 Å². The van der Waals surface area contributed by atoms with Crippen molar-refractivity contribution in [1.82, 2.24) is 10.6 Å². The molecule has 0 saturated carbocycles. The van der Waals surface area contributed by atoms with Gasteiger partial charge in [-0.1, -0.05) is 0 Å². The standard InChI is InChI=1S/C6H11N3/c1-6(7-2)8-4-3-5-9-6/h3-5,7-8H,1-2H3. The first kappa shape index (κ1) is 6.29. The van der Waals surface area contributed by atoms with Gasteiger partial charge in [-0.3, -0.25) is 10.3 Å². The molecule has 3 heteroatoms. The van der Waals surface area contributed by atoms with Crippen molar-refractivity contribution in [3.05, 3.63) is 12.3 Å². The molecule has 1 rings (SSSR count). The van der Waals surface area contributed by atoms with Crippen LogP contribution in [0.5, 0.6) is 0 Å². The van der Waals surface area contributed by atoms with Gasteiger partial charge < -0.3 is 5.32 Å². The molecule has 0 aromatic rings. The van der Waals surface area contributed by atoms with E-state index in [2.05, 4.69) is 15.6 Å².